The van der Waals surface area contributed by atoms with Crippen molar-refractivity contribution >= 4 is 28.5 Å². The van der Waals surface area contributed by atoms with Gasteiger partial charge in [-0.2, -0.15) is 0 Å². The van der Waals surface area contributed by atoms with Gasteiger partial charge in [-0.25, -0.2) is 0 Å². The van der Waals surface area contributed by atoms with Crippen LogP contribution in [0.25, 0.3) is 0 Å². The number of halogens is 1. The van der Waals surface area contributed by atoms with Crippen molar-refractivity contribution in [2.45, 2.75) is 41.2 Å². The summed E-state index contributed by atoms with van der Waals surface area (Å²) < 4.78 is -0.381. The Balaban J connectivity index is 1.91. The number of nitrogens with two attached hydrogens (primary N) is 1. The van der Waals surface area contributed by atoms with Crippen molar-refractivity contribution in [3.05, 3.63) is 35.9 Å². The number of carbonyl (C=O) groups excluding carboxylic acids is 1. The first-order valence-electron chi connectivity index (χ1n) is 6.82. The molecule has 1 aromatic carbocycles. The van der Waals surface area contributed by atoms with Crippen LogP contribution >= 0.6 is 22.6 Å². The second-order valence-corrected chi connectivity index (χ2v) is 7.67. The third-order valence-electron chi connectivity index (χ3n) is 4.74. The fourth-order valence-corrected chi connectivity index (χ4v) is 4.58. The molecule has 1 heterocycles. The second kappa shape index (κ2) is 4.45. The molecule has 2 N–H and O–H groups in total. The molecule has 1 aromatic rings. The number of rotatable bonds is 2. The molecule has 2 fully saturated rings. The van der Waals surface area contributed by atoms with Crippen LogP contribution in [-0.2, 0) is 4.79 Å². The monoisotopic (exact) mass is 370 g/mol. The summed E-state index contributed by atoms with van der Waals surface area (Å²) >= 11 is 2.31. The van der Waals surface area contributed by atoms with Gasteiger partial charge in [0.1, 0.15) is 3.42 Å². The van der Waals surface area contributed by atoms with E-state index in [-0.39, 0.29) is 20.9 Å². The van der Waals surface area contributed by atoms with E-state index >= 15 is 0 Å². The highest BCUT2D eigenvalue weighted by Gasteiger charge is 2.63. The van der Waals surface area contributed by atoms with Crippen molar-refractivity contribution in [3.8, 4) is 0 Å². The van der Waals surface area contributed by atoms with Gasteiger partial charge >= 0.3 is 0 Å². The summed E-state index contributed by atoms with van der Waals surface area (Å²) in [6.45, 7) is 2.78. The number of benzene rings is 1. The lowest BCUT2D eigenvalue weighted by atomic mass is 9.91. The van der Waals surface area contributed by atoms with Gasteiger partial charge in [0.05, 0.1) is 11.6 Å². The maximum absolute atomic E-state index is 12.8. The Morgan fingerprint density at radius 3 is 2.63 bits per heavy atom. The van der Waals surface area contributed by atoms with Gasteiger partial charge in [0, 0.05) is 6.54 Å². The van der Waals surface area contributed by atoms with Crippen molar-refractivity contribution in [2.75, 3.05) is 6.54 Å². The molecule has 3 nitrogen and oxygen atoms in total. The highest BCUT2D eigenvalue weighted by Crippen LogP contribution is 2.52. The number of amides is 1. The average Bonchev–Trinajstić information content (AvgIpc) is 2.81. The summed E-state index contributed by atoms with van der Waals surface area (Å²) in [7, 11) is 0. The quantitative estimate of drug-likeness (QED) is 0.643. The molecule has 102 valence electrons. The van der Waals surface area contributed by atoms with Crippen LogP contribution in [-0.4, -0.2) is 26.3 Å². The Kier molecular flexibility index (Phi) is 3.13. The van der Waals surface area contributed by atoms with Crippen molar-refractivity contribution in [1.29, 1.82) is 0 Å². The molecule has 4 heteroatoms. The van der Waals surface area contributed by atoms with Gasteiger partial charge in [-0.15, -0.1) is 0 Å². The molecule has 0 bridgehead atoms. The lowest BCUT2D eigenvalue weighted by Gasteiger charge is -2.28. The normalized spacial score (nSPS) is 35.5. The molecule has 2 aliphatic rings. The smallest absolute Gasteiger partial charge is 0.241 e. The fourth-order valence-electron chi connectivity index (χ4n) is 3.45. The van der Waals surface area contributed by atoms with E-state index in [4.69, 9.17) is 5.73 Å². The molecule has 3 atom stereocenters. The van der Waals surface area contributed by atoms with Crippen molar-refractivity contribution < 1.29 is 4.79 Å². The van der Waals surface area contributed by atoms with Crippen molar-refractivity contribution in [2.24, 2.45) is 5.73 Å². The molecule has 0 aromatic heterocycles. The van der Waals surface area contributed by atoms with Crippen LogP contribution in [0.3, 0.4) is 0 Å². The van der Waals surface area contributed by atoms with E-state index in [2.05, 4.69) is 41.6 Å². The number of nitrogens with zero attached hydrogens (tertiary/aromatic N) is 1. The number of likely N-dealkylation sites (tertiary alicyclic amines) is 1. The zero-order valence-electron chi connectivity index (χ0n) is 11.1. The van der Waals surface area contributed by atoms with Crippen LogP contribution in [0.4, 0.5) is 0 Å². The first-order chi connectivity index (χ1) is 8.98. The number of fused-ring (bicyclic) bond motifs is 1. The average molecular weight is 370 g/mol. The first kappa shape index (κ1) is 13.4. The number of alkyl halides is 1. The van der Waals surface area contributed by atoms with Gasteiger partial charge < -0.3 is 10.6 Å². The predicted octanol–water partition coefficient (Wildman–Crippen LogP) is 2.65. The van der Waals surface area contributed by atoms with Gasteiger partial charge in [0.25, 0.3) is 0 Å². The minimum atomic E-state index is -0.381. The van der Waals surface area contributed by atoms with E-state index in [1.165, 1.54) is 5.56 Å². The van der Waals surface area contributed by atoms with E-state index in [1.807, 2.05) is 23.1 Å². The highest BCUT2D eigenvalue weighted by atomic mass is 127. The standard InChI is InChI=1S/C15H19IN2O/c1-11(12-6-3-2-4-7-12)18-10-14(17)8-5-9-15(14,16)13(18)19/h2-4,6-7,11H,5,8-10,17H2,1H3/t11-,14-,15+/m1/s1. The van der Waals surface area contributed by atoms with E-state index < -0.39 is 0 Å². The minimum Gasteiger partial charge on any atom is -0.333 e. The lowest BCUT2D eigenvalue weighted by Crippen LogP contribution is -2.53. The molecule has 1 saturated heterocycles. The zero-order valence-corrected chi connectivity index (χ0v) is 13.3. The summed E-state index contributed by atoms with van der Waals surface area (Å²) in [4.78, 5) is 14.7. The van der Waals surface area contributed by atoms with Gasteiger partial charge in [-0.3, -0.25) is 4.79 Å². The summed E-state index contributed by atoms with van der Waals surface area (Å²) in [5.41, 5.74) is 7.37. The van der Waals surface area contributed by atoms with Crippen LogP contribution in [0.15, 0.2) is 30.3 Å². The summed E-state index contributed by atoms with van der Waals surface area (Å²) in [5, 5.41) is 0. The third-order valence-corrected chi connectivity index (χ3v) is 6.81. The molecular weight excluding hydrogens is 351 g/mol. The molecule has 1 aliphatic heterocycles. The fraction of sp³-hybridized carbons (Fsp3) is 0.533. The number of hydrogen-bond donors (Lipinski definition) is 1. The Bertz CT molecular complexity index is 506. The van der Waals surface area contributed by atoms with Crippen LogP contribution in [0.5, 0.6) is 0 Å². The molecule has 3 rings (SSSR count). The molecular formula is C15H19IN2O. The SMILES string of the molecule is C[C@H](c1ccccc1)N1C[C@]2(N)CCC[C@]2(I)C1=O. The third kappa shape index (κ3) is 1.83. The summed E-state index contributed by atoms with van der Waals surface area (Å²) in [6.07, 6.45) is 2.94. The topological polar surface area (TPSA) is 46.3 Å². The summed E-state index contributed by atoms with van der Waals surface area (Å²) in [6, 6.07) is 10.3. The van der Waals surface area contributed by atoms with Gasteiger partial charge in [0.15, 0.2) is 0 Å². The molecule has 0 unspecified atom stereocenters. The first-order valence-corrected chi connectivity index (χ1v) is 7.90. The maximum atomic E-state index is 12.8. The molecule has 19 heavy (non-hydrogen) atoms. The minimum absolute atomic E-state index is 0.103. The zero-order chi connectivity index (χ0) is 13.7. The molecule has 1 amide bonds. The molecule has 0 radical (unpaired) electrons. The van der Waals surface area contributed by atoms with Crippen LogP contribution in [0, 0.1) is 0 Å². The van der Waals surface area contributed by atoms with E-state index in [9.17, 15) is 4.79 Å². The van der Waals surface area contributed by atoms with Gasteiger partial charge in [-0.05, 0) is 31.7 Å². The second-order valence-electron chi connectivity index (χ2n) is 5.83. The van der Waals surface area contributed by atoms with Crippen molar-refractivity contribution in [3.63, 3.8) is 0 Å². The number of hydrogen-bond acceptors (Lipinski definition) is 2. The maximum Gasteiger partial charge on any atom is 0.241 e. The Morgan fingerprint density at radius 2 is 2.00 bits per heavy atom. The van der Waals surface area contributed by atoms with Crippen LogP contribution < -0.4 is 5.73 Å². The van der Waals surface area contributed by atoms with E-state index in [0.717, 1.165) is 19.3 Å². The lowest BCUT2D eigenvalue weighted by molar-refractivity contribution is -0.131. The van der Waals surface area contributed by atoms with E-state index in [0.29, 0.717) is 6.54 Å². The Hall–Kier alpha value is -0.620. The number of carbonyl (C=O) groups is 1. The molecule has 1 saturated carbocycles. The molecule has 0 spiro atoms. The summed E-state index contributed by atoms with van der Waals surface area (Å²) in [5.74, 6) is 0.226. The largest absolute Gasteiger partial charge is 0.333 e. The molecule has 1 aliphatic carbocycles. The van der Waals surface area contributed by atoms with Crippen molar-refractivity contribution in [1.82, 2.24) is 4.90 Å². The van der Waals surface area contributed by atoms with Gasteiger partial charge in [-0.1, -0.05) is 52.9 Å². The van der Waals surface area contributed by atoms with Gasteiger partial charge in [0.2, 0.25) is 5.91 Å². The Morgan fingerprint density at radius 1 is 1.32 bits per heavy atom. The predicted molar refractivity (Wildman–Crippen MR) is 84.1 cm³/mol. The highest BCUT2D eigenvalue weighted by molar-refractivity contribution is 14.1. The van der Waals surface area contributed by atoms with Crippen LogP contribution in [0.1, 0.15) is 37.8 Å². The Labute approximate surface area is 127 Å². The van der Waals surface area contributed by atoms with E-state index in [1.54, 1.807) is 0 Å². The van der Waals surface area contributed by atoms with Crippen LogP contribution in [0.2, 0.25) is 0 Å².